The van der Waals surface area contributed by atoms with Gasteiger partial charge >= 0.3 is 0 Å². The molecule has 0 spiro atoms. The monoisotopic (exact) mass is 253 g/mol. The SMILES string of the molecule is CCC1CCC(NCC2(CC(N)=NO)CC2)C1C. The predicted molar refractivity (Wildman–Crippen MR) is 73.7 cm³/mol. The largest absolute Gasteiger partial charge is 0.409 e. The van der Waals surface area contributed by atoms with Gasteiger partial charge in [-0.15, -0.1) is 0 Å². The molecule has 2 aliphatic carbocycles. The number of hydrogen-bond donors (Lipinski definition) is 3. The van der Waals surface area contributed by atoms with Crippen molar-refractivity contribution in [3.8, 4) is 0 Å². The summed E-state index contributed by atoms with van der Waals surface area (Å²) in [6.45, 7) is 5.70. The highest BCUT2D eigenvalue weighted by atomic mass is 16.4. The van der Waals surface area contributed by atoms with Crippen molar-refractivity contribution in [1.29, 1.82) is 0 Å². The van der Waals surface area contributed by atoms with E-state index < -0.39 is 0 Å². The zero-order valence-corrected chi connectivity index (χ0v) is 11.7. The maximum atomic E-state index is 8.66. The lowest BCUT2D eigenvalue weighted by atomic mass is 9.93. The van der Waals surface area contributed by atoms with Crippen LogP contribution in [0.15, 0.2) is 5.16 Å². The zero-order chi connectivity index (χ0) is 13.2. The van der Waals surface area contributed by atoms with E-state index in [1.807, 2.05) is 0 Å². The van der Waals surface area contributed by atoms with E-state index in [9.17, 15) is 0 Å². The molecular weight excluding hydrogens is 226 g/mol. The number of amidine groups is 1. The summed E-state index contributed by atoms with van der Waals surface area (Å²) in [7, 11) is 0. The molecule has 2 rings (SSSR count). The van der Waals surface area contributed by atoms with Gasteiger partial charge in [0.1, 0.15) is 5.84 Å². The van der Waals surface area contributed by atoms with Crippen molar-refractivity contribution >= 4 is 5.84 Å². The summed E-state index contributed by atoms with van der Waals surface area (Å²) < 4.78 is 0. The predicted octanol–water partition coefficient (Wildman–Crippen LogP) is 2.32. The molecule has 4 N–H and O–H groups in total. The van der Waals surface area contributed by atoms with Crippen molar-refractivity contribution in [2.75, 3.05) is 6.54 Å². The van der Waals surface area contributed by atoms with Crippen LogP contribution in [0.5, 0.6) is 0 Å². The number of nitrogens with zero attached hydrogens (tertiary/aromatic N) is 1. The second-order valence-electron chi connectivity index (χ2n) is 6.36. The van der Waals surface area contributed by atoms with Crippen molar-refractivity contribution in [1.82, 2.24) is 5.32 Å². The normalized spacial score (nSPS) is 34.8. The molecule has 2 aliphatic rings. The smallest absolute Gasteiger partial charge is 0.139 e. The number of rotatable bonds is 6. The molecule has 2 fully saturated rings. The third-order valence-electron chi connectivity index (χ3n) is 5.13. The van der Waals surface area contributed by atoms with Gasteiger partial charge in [-0.3, -0.25) is 0 Å². The topological polar surface area (TPSA) is 70.6 Å². The van der Waals surface area contributed by atoms with E-state index >= 15 is 0 Å². The van der Waals surface area contributed by atoms with Gasteiger partial charge in [0.2, 0.25) is 0 Å². The lowest BCUT2D eigenvalue weighted by molar-refractivity contribution is 0.309. The van der Waals surface area contributed by atoms with Crippen molar-refractivity contribution in [2.24, 2.45) is 28.1 Å². The van der Waals surface area contributed by atoms with Crippen LogP contribution in [-0.2, 0) is 0 Å². The second kappa shape index (κ2) is 5.47. The number of hydrogen-bond acceptors (Lipinski definition) is 3. The molecule has 18 heavy (non-hydrogen) atoms. The van der Waals surface area contributed by atoms with Crippen molar-refractivity contribution in [3.05, 3.63) is 0 Å². The van der Waals surface area contributed by atoms with Gasteiger partial charge in [-0.25, -0.2) is 0 Å². The Labute approximate surface area is 110 Å². The molecule has 104 valence electrons. The standard InChI is InChI=1S/C14H27N3O/c1-3-11-4-5-12(10(11)2)16-9-14(6-7-14)8-13(15)17-18/h10-12,16,18H,3-9H2,1-2H3,(H2,15,17). The van der Waals surface area contributed by atoms with E-state index in [1.54, 1.807) is 0 Å². The van der Waals surface area contributed by atoms with Crippen LogP contribution in [0.1, 0.15) is 52.4 Å². The molecule has 4 nitrogen and oxygen atoms in total. The summed E-state index contributed by atoms with van der Waals surface area (Å²) in [5.74, 6) is 2.05. The molecular formula is C14H27N3O. The van der Waals surface area contributed by atoms with Crippen LogP contribution >= 0.6 is 0 Å². The van der Waals surface area contributed by atoms with E-state index in [4.69, 9.17) is 10.9 Å². The van der Waals surface area contributed by atoms with Crippen molar-refractivity contribution < 1.29 is 5.21 Å². The minimum atomic E-state index is 0.278. The van der Waals surface area contributed by atoms with E-state index in [1.165, 1.54) is 32.1 Å². The Morgan fingerprint density at radius 2 is 2.17 bits per heavy atom. The highest BCUT2D eigenvalue weighted by molar-refractivity contribution is 5.80. The van der Waals surface area contributed by atoms with Gasteiger partial charge in [0.15, 0.2) is 0 Å². The molecule has 2 saturated carbocycles. The van der Waals surface area contributed by atoms with Gasteiger partial charge in [0, 0.05) is 19.0 Å². The second-order valence-corrected chi connectivity index (χ2v) is 6.36. The third kappa shape index (κ3) is 2.97. The van der Waals surface area contributed by atoms with Gasteiger partial charge < -0.3 is 16.3 Å². The lowest BCUT2D eigenvalue weighted by Gasteiger charge is -2.24. The summed E-state index contributed by atoms with van der Waals surface area (Å²) in [6.07, 6.45) is 7.11. The van der Waals surface area contributed by atoms with E-state index in [0.717, 1.165) is 24.8 Å². The van der Waals surface area contributed by atoms with Gasteiger partial charge in [-0.05, 0) is 42.9 Å². The average Bonchev–Trinajstić information content (AvgIpc) is 3.03. The van der Waals surface area contributed by atoms with Crippen LogP contribution in [0.2, 0.25) is 0 Å². The first kappa shape index (κ1) is 13.7. The fourth-order valence-corrected chi connectivity index (χ4v) is 3.47. The van der Waals surface area contributed by atoms with Crippen LogP contribution in [0.25, 0.3) is 0 Å². The third-order valence-corrected chi connectivity index (χ3v) is 5.13. The fraction of sp³-hybridized carbons (Fsp3) is 0.929. The number of oxime groups is 1. The van der Waals surface area contributed by atoms with Crippen molar-refractivity contribution in [2.45, 2.75) is 58.4 Å². The van der Waals surface area contributed by atoms with Gasteiger partial charge in [0.05, 0.1) is 0 Å². The highest BCUT2D eigenvalue weighted by Gasteiger charge is 2.44. The Bertz CT molecular complexity index is 312. The quantitative estimate of drug-likeness (QED) is 0.294. The van der Waals surface area contributed by atoms with Crippen LogP contribution in [0, 0.1) is 17.3 Å². The Balaban J connectivity index is 1.78. The number of nitrogens with one attached hydrogen (secondary N) is 1. The molecule has 0 aromatic carbocycles. The summed E-state index contributed by atoms with van der Waals surface area (Å²) in [6, 6.07) is 0.666. The molecule has 0 heterocycles. The Morgan fingerprint density at radius 1 is 1.44 bits per heavy atom. The molecule has 4 heteroatoms. The minimum Gasteiger partial charge on any atom is -0.409 e. The Morgan fingerprint density at radius 3 is 2.67 bits per heavy atom. The molecule has 3 atom stereocenters. The van der Waals surface area contributed by atoms with Crippen LogP contribution in [0.3, 0.4) is 0 Å². The maximum Gasteiger partial charge on any atom is 0.139 e. The van der Waals surface area contributed by atoms with Crippen LogP contribution < -0.4 is 11.1 Å². The van der Waals surface area contributed by atoms with Gasteiger partial charge in [0.25, 0.3) is 0 Å². The average molecular weight is 253 g/mol. The molecule has 0 saturated heterocycles. The molecule has 0 bridgehead atoms. The molecule has 0 aromatic heterocycles. The van der Waals surface area contributed by atoms with Crippen LogP contribution in [0.4, 0.5) is 0 Å². The summed E-state index contributed by atoms with van der Waals surface area (Å²) in [4.78, 5) is 0. The van der Waals surface area contributed by atoms with E-state index in [2.05, 4.69) is 24.3 Å². The molecule has 0 amide bonds. The van der Waals surface area contributed by atoms with Crippen LogP contribution in [-0.4, -0.2) is 23.6 Å². The fourth-order valence-electron chi connectivity index (χ4n) is 3.47. The molecule has 3 unspecified atom stereocenters. The highest BCUT2D eigenvalue weighted by Crippen LogP contribution is 2.48. The summed E-state index contributed by atoms with van der Waals surface area (Å²) in [5, 5.41) is 15.5. The first-order chi connectivity index (χ1) is 8.60. The van der Waals surface area contributed by atoms with Crippen molar-refractivity contribution in [3.63, 3.8) is 0 Å². The lowest BCUT2D eigenvalue weighted by Crippen LogP contribution is -2.38. The van der Waals surface area contributed by atoms with E-state index in [-0.39, 0.29) is 5.41 Å². The first-order valence-corrected chi connectivity index (χ1v) is 7.30. The van der Waals surface area contributed by atoms with Gasteiger partial charge in [-0.1, -0.05) is 25.4 Å². The Hall–Kier alpha value is -0.770. The zero-order valence-electron chi connectivity index (χ0n) is 11.7. The minimum absolute atomic E-state index is 0.278. The maximum absolute atomic E-state index is 8.66. The summed E-state index contributed by atoms with van der Waals surface area (Å²) >= 11 is 0. The number of nitrogens with two attached hydrogens (primary N) is 1. The van der Waals surface area contributed by atoms with Gasteiger partial charge in [-0.2, -0.15) is 0 Å². The Kier molecular flexibility index (Phi) is 4.15. The molecule has 0 aromatic rings. The summed E-state index contributed by atoms with van der Waals surface area (Å²) in [5.41, 5.74) is 5.90. The molecule has 0 aliphatic heterocycles. The first-order valence-electron chi connectivity index (χ1n) is 7.30. The van der Waals surface area contributed by atoms with E-state index in [0.29, 0.717) is 11.9 Å². The molecule has 0 radical (unpaired) electrons.